The SMILES string of the molecule is O=C(NNc1ncnc(Nc2ccccc2F)c1[N+](=O)[O-])c1ccco1. The summed E-state index contributed by atoms with van der Waals surface area (Å²) in [5, 5.41) is 14.0. The van der Waals surface area contributed by atoms with Crippen molar-refractivity contribution >= 4 is 28.9 Å². The van der Waals surface area contributed by atoms with Crippen molar-refractivity contribution < 1.29 is 18.5 Å². The van der Waals surface area contributed by atoms with E-state index in [0.717, 1.165) is 6.33 Å². The van der Waals surface area contributed by atoms with E-state index in [1.165, 1.54) is 36.6 Å². The topological polar surface area (TPSA) is 135 Å². The van der Waals surface area contributed by atoms with Gasteiger partial charge < -0.3 is 9.73 Å². The number of aromatic nitrogens is 2. The highest BCUT2D eigenvalue weighted by Gasteiger charge is 2.24. The van der Waals surface area contributed by atoms with E-state index in [0.29, 0.717) is 0 Å². The molecular formula is C15H11FN6O4. The highest BCUT2D eigenvalue weighted by molar-refractivity contribution is 5.92. The van der Waals surface area contributed by atoms with Crippen LogP contribution in [0.3, 0.4) is 0 Å². The van der Waals surface area contributed by atoms with Gasteiger partial charge >= 0.3 is 11.6 Å². The lowest BCUT2D eigenvalue weighted by molar-refractivity contribution is -0.383. The van der Waals surface area contributed by atoms with Gasteiger partial charge in [-0.1, -0.05) is 12.1 Å². The Balaban J connectivity index is 1.85. The first-order chi connectivity index (χ1) is 12.6. The fourth-order valence-electron chi connectivity index (χ4n) is 2.01. The first-order valence-electron chi connectivity index (χ1n) is 7.17. The number of benzene rings is 1. The number of para-hydroxylation sites is 1. The van der Waals surface area contributed by atoms with Crippen LogP contribution in [0.1, 0.15) is 10.6 Å². The van der Waals surface area contributed by atoms with Crippen LogP contribution in [-0.4, -0.2) is 20.8 Å². The van der Waals surface area contributed by atoms with E-state index in [2.05, 4.69) is 26.1 Å². The Labute approximate surface area is 145 Å². The smallest absolute Gasteiger partial charge is 0.355 e. The summed E-state index contributed by atoms with van der Waals surface area (Å²) in [7, 11) is 0. The molecule has 26 heavy (non-hydrogen) atoms. The summed E-state index contributed by atoms with van der Waals surface area (Å²) < 4.78 is 18.7. The molecular weight excluding hydrogens is 347 g/mol. The van der Waals surface area contributed by atoms with Gasteiger partial charge in [-0.3, -0.25) is 25.8 Å². The van der Waals surface area contributed by atoms with Crippen molar-refractivity contribution in [3.05, 3.63) is 70.7 Å². The maximum Gasteiger partial charge on any atom is 0.355 e. The molecule has 0 fully saturated rings. The largest absolute Gasteiger partial charge is 0.459 e. The second-order valence-electron chi connectivity index (χ2n) is 4.84. The van der Waals surface area contributed by atoms with Crippen LogP contribution in [0.4, 0.5) is 27.4 Å². The van der Waals surface area contributed by atoms with E-state index in [1.807, 2.05) is 0 Å². The van der Waals surface area contributed by atoms with Gasteiger partial charge in [-0.25, -0.2) is 14.4 Å². The Bertz CT molecular complexity index is 947. The highest BCUT2D eigenvalue weighted by Crippen LogP contribution is 2.31. The number of hydrazine groups is 1. The van der Waals surface area contributed by atoms with Crippen LogP contribution < -0.4 is 16.2 Å². The quantitative estimate of drug-likeness (QED) is 0.452. The van der Waals surface area contributed by atoms with E-state index in [9.17, 15) is 19.3 Å². The summed E-state index contributed by atoms with van der Waals surface area (Å²) in [6.07, 6.45) is 2.33. The van der Waals surface area contributed by atoms with Crippen molar-refractivity contribution in [1.82, 2.24) is 15.4 Å². The Morgan fingerprint density at radius 1 is 1.15 bits per heavy atom. The molecule has 0 saturated carbocycles. The Hall–Kier alpha value is -4.02. The van der Waals surface area contributed by atoms with Gasteiger partial charge in [0.2, 0.25) is 11.6 Å². The standard InChI is InChI=1S/C15H11FN6O4/c16-9-4-1-2-5-10(9)19-13-12(22(24)25)14(18-8-17-13)20-21-15(23)11-6-3-7-26-11/h1-8H,(H,21,23)(H2,17,18,19,20). The minimum absolute atomic E-state index is 0.000119. The number of halogens is 1. The molecule has 1 amide bonds. The normalized spacial score (nSPS) is 10.2. The summed E-state index contributed by atoms with van der Waals surface area (Å²) >= 11 is 0. The number of nitrogens with zero attached hydrogens (tertiary/aromatic N) is 3. The molecule has 1 aromatic carbocycles. The Kier molecular flexibility index (Phi) is 4.69. The molecule has 0 unspecified atom stereocenters. The third-order valence-corrected chi connectivity index (χ3v) is 3.17. The van der Waals surface area contributed by atoms with Gasteiger partial charge in [-0.05, 0) is 24.3 Å². The lowest BCUT2D eigenvalue weighted by atomic mass is 10.3. The fraction of sp³-hybridized carbons (Fsp3) is 0. The van der Waals surface area contributed by atoms with Crippen molar-refractivity contribution in [2.45, 2.75) is 0 Å². The van der Waals surface area contributed by atoms with Gasteiger partial charge in [-0.15, -0.1) is 0 Å². The molecule has 0 atom stereocenters. The number of hydrogen-bond acceptors (Lipinski definition) is 8. The third-order valence-electron chi connectivity index (χ3n) is 3.17. The third kappa shape index (κ3) is 3.56. The first kappa shape index (κ1) is 16.8. The van der Waals surface area contributed by atoms with Crippen molar-refractivity contribution in [3.63, 3.8) is 0 Å². The Morgan fingerprint density at radius 2 is 1.92 bits per heavy atom. The van der Waals surface area contributed by atoms with Crippen LogP contribution in [-0.2, 0) is 0 Å². The summed E-state index contributed by atoms with van der Waals surface area (Å²) in [5.41, 5.74) is 3.98. The van der Waals surface area contributed by atoms with E-state index >= 15 is 0 Å². The Morgan fingerprint density at radius 3 is 2.62 bits per heavy atom. The zero-order valence-corrected chi connectivity index (χ0v) is 13.0. The molecule has 132 valence electrons. The number of nitro groups is 1. The highest BCUT2D eigenvalue weighted by atomic mass is 19.1. The zero-order chi connectivity index (χ0) is 18.5. The first-order valence-corrected chi connectivity index (χ1v) is 7.17. The molecule has 0 radical (unpaired) electrons. The summed E-state index contributed by atoms with van der Waals surface area (Å²) in [6.45, 7) is 0. The molecule has 3 N–H and O–H groups in total. The lowest BCUT2D eigenvalue weighted by Crippen LogP contribution is -2.30. The average Bonchev–Trinajstić information content (AvgIpc) is 3.16. The van der Waals surface area contributed by atoms with Crippen LogP contribution in [0.15, 0.2) is 53.4 Å². The maximum atomic E-state index is 13.8. The predicted molar refractivity (Wildman–Crippen MR) is 88.2 cm³/mol. The van der Waals surface area contributed by atoms with Gasteiger partial charge in [0.25, 0.3) is 0 Å². The lowest BCUT2D eigenvalue weighted by Gasteiger charge is -2.10. The fourth-order valence-corrected chi connectivity index (χ4v) is 2.01. The number of carbonyl (C=O) groups is 1. The van der Waals surface area contributed by atoms with E-state index < -0.39 is 22.3 Å². The van der Waals surface area contributed by atoms with Crippen LogP contribution in [0, 0.1) is 15.9 Å². The van der Waals surface area contributed by atoms with Crippen LogP contribution in [0.5, 0.6) is 0 Å². The van der Waals surface area contributed by atoms with Crippen LogP contribution >= 0.6 is 0 Å². The number of rotatable bonds is 6. The number of anilines is 3. The molecule has 0 saturated heterocycles. The van der Waals surface area contributed by atoms with Gasteiger partial charge in [0, 0.05) is 0 Å². The van der Waals surface area contributed by atoms with E-state index in [1.54, 1.807) is 6.07 Å². The number of hydrogen-bond donors (Lipinski definition) is 3. The van der Waals surface area contributed by atoms with Gasteiger partial charge in [-0.2, -0.15) is 0 Å². The second-order valence-corrected chi connectivity index (χ2v) is 4.84. The molecule has 10 nitrogen and oxygen atoms in total. The molecule has 11 heteroatoms. The van der Waals surface area contributed by atoms with Crippen LogP contribution in [0.25, 0.3) is 0 Å². The van der Waals surface area contributed by atoms with Gasteiger partial charge in [0.1, 0.15) is 12.1 Å². The number of nitrogens with one attached hydrogen (secondary N) is 3. The molecule has 2 heterocycles. The molecule has 3 rings (SSSR count). The molecule has 2 aromatic heterocycles. The number of carbonyl (C=O) groups excluding carboxylic acids is 1. The number of amides is 1. The molecule has 3 aromatic rings. The summed E-state index contributed by atoms with van der Waals surface area (Å²) in [6, 6.07) is 8.55. The molecule has 0 aliphatic rings. The summed E-state index contributed by atoms with van der Waals surface area (Å²) in [5.74, 6) is -1.81. The van der Waals surface area contributed by atoms with Gasteiger partial charge in [0.05, 0.1) is 16.9 Å². The predicted octanol–water partition coefficient (Wildman–Crippen LogP) is 2.62. The minimum atomic E-state index is -0.759. The van der Waals surface area contributed by atoms with Crippen molar-refractivity contribution in [3.8, 4) is 0 Å². The minimum Gasteiger partial charge on any atom is -0.459 e. The van der Waals surface area contributed by atoms with E-state index in [4.69, 9.17) is 4.42 Å². The average molecular weight is 358 g/mol. The molecule has 0 spiro atoms. The molecule has 0 bridgehead atoms. The molecule has 0 aliphatic carbocycles. The monoisotopic (exact) mass is 358 g/mol. The van der Waals surface area contributed by atoms with Gasteiger partial charge in [0.15, 0.2) is 5.76 Å². The summed E-state index contributed by atoms with van der Waals surface area (Å²) in [4.78, 5) is 30.0. The molecule has 0 aliphatic heterocycles. The van der Waals surface area contributed by atoms with E-state index in [-0.39, 0.29) is 23.1 Å². The zero-order valence-electron chi connectivity index (χ0n) is 13.0. The second kappa shape index (κ2) is 7.25. The maximum absolute atomic E-state index is 13.8. The van der Waals surface area contributed by atoms with Crippen molar-refractivity contribution in [2.75, 3.05) is 10.7 Å². The van der Waals surface area contributed by atoms with Crippen molar-refractivity contribution in [2.24, 2.45) is 0 Å². The number of furan rings is 1. The van der Waals surface area contributed by atoms with Crippen molar-refractivity contribution in [1.29, 1.82) is 0 Å². The van der Waals surface area contributed by atoms with Crippen LogP contribution in [0.2, 0.25) is 0 Å².